The number of rotatable bonds is 5. The molecule has 0 radical (unpaired) electrons. The maximum Gasteiger partial charge on any atom is 0.0674 e. The molecule has 106 valence electrons. The van der Waals surface area contributed by atoms with Crippen molar-refractivity contribution in [2.45, 2.75) is 24.3 Å². The third kappa shape index (κ3) is 4.42. The van der Waals surface area contributed by atoms with Crippen molar-refractivity contribution in [3.8, 4) is 0 Å². The van der Waals surface area contributed by atoms with Gasteiger partial charge in [-0.1, -0.05) is 47.5 Å². The SMILES string of the molecule is Cc1ccccc1SCC(O)Cc1ccc(Cl)c(Cl)c1. The minimum atomic E-state index is -0.406. The molecule has 1 N–H and O–H groups in total. The lowest BCUT2D eigenvalue weighted by molar-refractivity contribution is 0.200. The van der Waals surface area contributed by atoms with Gasteiger partial charge < -0.3 is 5.11 Å². The lowest BCUT2D eigenvalue weighted by Crippen LogP contribution is -2.13. The fourth-order valence-electron chi connectivity index (χ4n) is 1.90. The molecule has 0 saturated heterocycles. The highest BCUT2D eigenvalue weighted by molar-refractivity contribution is 7.99. The Morgan fingerprint density at radius 1 is 1.10 bits per heavy atom. The molecule has 0 heterocycles. The Morgan fingerprint density at radius 3 is 2.55 bits per heavy atom. The molecule has 4 heteroatoms. The van der Waals surface area contributed by atoms with Gasteiger partial charge >= 0.3 is 0 Å². The molecule has 1 nitrogen and oxygen atoms in total. The number of aryl methyl sites for hydroxylation is 1. The summed E-state index contributed by atoms with van der Waals surface area (Å²) in [5.41, 5.74) is 2.23. The highest BCUT2D eigenvalue weighted by Crippen LogP contribution is 2.25. The van der Waals surface area contributed by atoms with Gasteiger partial charge in [0.1, 0.15) is 0 Å². The van der Waals surface area contributed by atoms with Gasteiger partial charge in [0.05, 0.1) is 16.1 Å². The van der Waals surface area contributed by atoms with Crippen LogP contribution < -0.4 is 0 Å². The van der Waals surface area contributed by atoms with Crippen LogP contribution in [-0.2, 0) is 6.42 Å². The van der Waals surface area contributed by atoms with Crippen molar-refractivity contribution in [2.75, 3.05) is 5.75 Å². The second-order valence-electron chi connectivity index (χ2n) is 4.68. The molecule has 0 aromatic heterocycles. The topological polar surface area (TPSA) is 20.2 Å². The molecule has 0 spiro atoms. The Kier molecular flexibility index (Phi) is 5.79. The summed E-state index contributed by atoms with van der Waals surface area (Å²) < 4.78 is 0. The molecule has 0 aliphatic heterocycles. The molecule has 0 aliphatic carbocycles. The average Bonchev–Trinajstić information content (AvgIpc) is 2.42. The first-order valence-electron chi connectivity index (χ1n) is 6.36. The standard InChI is InChI=1S/C16H16Cl2OS/c1-11-4-2-3-5-16(11)20-10-13(19)8-12-6-7-14(17)15(18)9-12/h2-7,9,13,19H,8,10H2,1H3. The van der Waals surface area contributed by atoms with Gasteiger partial charge in [0.2, 0.25) is 0 Å². The number of halogens is 2. The Bertz CT molecular complexity index is 586. The number of hydrogen-bond donors (Lipinski definition) is 1. The minimum Gasteiger partial charge on any atom is -0.392 e. The van der Waals surface area contributed by atoms with Crippen LogP contribution in [0.4, 0.5) is 0 Å². The van der Waals surface area contributed by atoms with Crippen molar-refractivity contribution < 1.29 is 5.11 Å². The van der Waals surface area contributed by atoms with E-state index in [-0.39, 0.29) is 0 Å². The van der Waals surface area contributed by atoms with Crippen LogP contribution in [0.15, 0.2) is 47.4 Å². The third-order valence-corrected chi connectivity index (χ3v) is 5.04. The first-order chi connectivity index (χ1) is 9.56. The number of aliphatic hydroxyl groups is 1. The fraction of sp³-hybridized carbons (Fsp3) is 0.250. The van der Waals surface area contributed by atoms with Gasteiger partial charge in [-0.15, -0.1) is 11.8 Å². The summed E-state index contributed by atoms with van der Waals surface area (Å²) in [5.74, 6) is 0.658. The maximum absolute atomic E-state index is 10.1. The summed E-state index contributed by atoms with van der Waals surface area (Å²) in [5, 5.41) is 11.2. The van der Waals surface area contributed by atoms with E-state index in [4.69, 9.17) is 23.2 Å². The molecule has 0 bridgehead atoms. The van der Waals surface area contributed by atoms with Crippen molar-refractivity contribution in [3.05, 3.63) is 63.6 Å². The van der Waals surface area contributed by atoms with Gasteiger partial charge in [0, 0.05) is 10.6 Å². The second-order valence-corrected chi connectivity index (χ2v) is 6.56. The van der Waals surface area contributed by atoms with Crippen LogP contribution in [0, 0.1) is 6.92 Å². The minimum absolute atomic E-state index is 0.406. The zero-order valence-corrected chi connectivity index (χ0v) is 13.5. The Labute approximate surface area is 133 Å². The number of benzene rings is 2. The van der Waals surface area contributed by atoms with E-state index in [1.54, 1.807) is 17.8 Å². The second kappa shape index (κ2) is 7.37. The van der Waals surface area contributed by atoms with Crippen molar-refractivity contribution >= 4 is 35.0 Å². The van der Waals surface area contributed by atoms with E-state index in [1.807, 2.05) is 24.3 Å². The quantitative estimate of drug-likeness (QED) is 0.780. The lowest BCUT2D eigenvalue weighted by atomic mass is 10.1. The van der Waals surface area contributed by atoms with Crippen LogP contribution in [0.2, 0.25) is 10.0 Å². The molecule has 0 fully saturated rings. The molecule has 2 rings (SSSR count). The van der Waals surface area contributed by atoms with Crippen LogP contribution in [0.1, 0.15) is 11.1 Å². The van der Waals surface area contributed by atoms with Crippen molar-refractivity contribution in [1.82, 2.24) is 0 Å². The molecule has 2 aromatic rings. The van der Waals surface area contributed by atoms with E-state index in [2.05, 4.69) is 19.1 Å². The van der Waals surface area contributed by atoms with E-state index in [0.717, 1.165) is 5.56 Å². The summed E-state index contributed by atoms with van der Waals surface area (Å²) in [6.45, 7) is 2.08. The van der Waals surface area contributed by atoms with Crippen molar-refractivity contribution in [2.24, 2.45) is 0 Å². The Balaban J connectivity index is 1.91. The summed E-state index contributed by atoms with van der Waals surface area (Å²) in [7, 11) is 0. The number of aliphatic hydroxyl groups excluding tert-OH is 1. The molecular weight excluding hydrogens is 311 g/mol. The van der Waals surface area contributed by atoms with Crippen molar-refractivity contribution in [3.63, 3.8) is 0 Å². The van der Waals surface area contributed by atoms with Crippen LogP contribution in [-0.4, -0.2) is 17.0 Å². The molecule has 2 aromatic carbocycles. The monoisotopic (exact) mass is 326 g/mol. The average molecular weight is 327 g/mol. The largest absolute Gasteiger partial charge is 0.392 e. The van der Waals surface area contributed by atoms with Crippen LogP contribution >= 0.6 is 35.0 Å². The van der Waals surface area contributed by atoms with E-state index in [0.29, 0.717) is 22.2 Å². The molecule has 20 heavy (non-hydrogen) atoms. The summed E-state index contributed by atoms with van der Waals surface area (Å²) >= 11 is 13.5. The van der Waals surface area contributed by atoms with Gasteiger partial charge in [-0.25, -0.2) is 0 Å². The predicted molar refractivity (Wildman–Crippen MR) is 88.1 cm³/mol. The Hall–Kier alpha value is -0.670. The maximum atomic E-state index is 10.1. The van der Waals surface area contributed by atoms with E-state index in [9.17, 15) is 5.11 Å². The fourth-order valence-corrected chi connectivity index (χ4v) is 3.18. The molecule has 0 saturated carbocycles. The number of hydrogen-bond acceptors (Lipinski definition) is 2. The van der Waals surface area contributed by atoms with Gasteiger partial charge in [-0.2, -0.15) is 0 Å². The highest BCUT2D eigenvalue weighted by Gasteiger charge is 2.09. The van der Waals surface area contributed by atoms with Crippen LogP contribution in [0.3, 0.4) is 0 Å². The normalized spacial score (nSPS) is 12.4. The predicted octanol–water partition coefficient (Wildman–Crippen LogP) is 5.00. The molecule has 1 atom stereocenters. The first kappa shape index (κ1) is 15.7. The van der Waals surface area contributed by atoms with Gasteiger partial charge in [-0.3, -0.25) is 0 Å². The number of thioether (sulfide) groups is 1. The first-order valence-corrected chi connectivity index (χ1v) is 8.11. The molecule has 0 amide bonds. The zero-order valence-electron chi connectivity index (χ0n) is 11.1. The summed E-state index contributed by atoms with van der Waals surface area (Å²) in [6.07, 6.45) is 0.173. The molecule has 1 unspecified atom stereocenters. The van der Waals surface area contributed by atoms with E-state index < -0.39 is 6.10 Å². The van der Waals surface area contributed by atoms with Crippen molar-refractivity contribution in [1.29, 1.82) is 0 Å². The highest BCUT2D eigenvalue weighted by atomic mass is 35.5. The van der Waals surface area contributed by atoms with Gasteiger partial charge in [0.15, 0.2) is 0 Å². The third-order valence-electron chi connectivity index (χ3n) is 2.98. The molecule has 0 aliphatic rings. The smallest absolute Gasteiger partial charge is 0.0674 e. The van der Waals surface area contributed by atoms with Gasteiger partial charge in [-0.05, 0) is 42.7 Å². The Morgan fingerprint density at radius 2 is 1.85 bits per heavy atom. The van der Waals surface area contributed by atoms with Gasteiger partial charge in [0.25, 0.3) is 0 Å². The molecular formula is C16H16Cl2OS. The lowest BCUT2D eigenvalue weighted by Gasteiger charge is -2.12. The van der Waals surface area contributed by atoms with Crippen LogP contribution in [0.5, 0.6) is 0 Å². The zero-order chi connectivity index (χ0) is 14.5. The van der Waals surface area contributed by atoms with E-state index in [1.165, 1.54) is 10.5 Å². The van der Waals surface area contributed by atoms with E-state index >= 15 is 0 Å². The summed E-state index contributed by atoms with van der Waals surface area (Å²) in [4.78, 5) is 1.21. The summed E-state index contributed by atoms with van der Waals surface area (Å²) in [6, 6.07) is 13.7. The van der Waals surface area contributed by atoms with Crippen LogP contribution in [0.25, 0.3) is 0 Å².